The van der Waals surface area contributed by atoms with E-state index in [1.807, 2.05) is 12.1 Å². The van der Waals surface area contributed by atoms with E-state index in [9.17, 15) is 19.2 Å². The van der Waals surface area contributed by atoms with E-state index in [-0.39, 0.29) is 41.2 Å². The number of hydrogen-bond donors (Lipinski definition) is 2. The molecule has 1 aromatic carbocycles. The molecule has 3 aromatic rings. The monoisotopic (exact) mass is 459 g/mol. The van der Waals surface area contributed by atoms with Crippen LogP contribution in [0.3, 0.4) is 0 Å². The van der Waals surface area contributed by atoms with E-state index in [1.54, 1.807) is 16.9 Å². The number of nitrogens with one attached hydrogen (secondary N) is 2. The molecular weight excluding hydrogens is 437 g/mol. The third kappa shape index (κ3) is 3.85. The molecule has 2 amide bonds. The van der Waals surface area contributed by atoms with Crippen molar-refractivity contribution in [1.82, 2.24) is 25.4 Å². The normalized spacial score (nSPS) is 17.1. The van der Waals surface area contributed by atoms with Gasteiger partial charge in [-0.25, -0.2) is 14.1 Å². The fourth-order valence-corrected chi connectivity index (χ4v) is 4.60. The second-order valence-electron chi connectivity index (χ2n) is 8.41. The molecule has 2 aliphatic rings. The summed E-state index contributed by atoms with van der Waals surface area (Å²) >= 11 is 0. The molecule has 10 heteroatoms. The molecule has 172 valence electrons. The van der Waals surface area contributed by atoms with Crippen LogP contribution in [0.2, 0.25) is 0 Å². The molecule has 1 fully saturated rings. The number of rotatable bonds is 4. The molecule has 34 heavy (non-hydrogen) atoms. The second-order valence-corrected chi connectivity index (χ2v) is 8.41. The average molecular weight is 459 g/mol. The lowest BCUT2D eigenvalue weighted by molar-refractivity contribution is -0.119. The van der Waals surface area contributed by atoms with E-state index in [0.717, 1.165) is 19.4 Å². The van der Waals surface area contributed by atoms with Crippen LogP contribution in [-0.4, -0.2) is 45.7 Å². The predicted molar refractivity (Wildman–Crippen MR) is 122 cm³/mol. The first kappa shape index (κ1) is 21.6. The maximum atomic E-state index is 14.7. The zero-order valence-corrected chi connectivity index (χ0v) is 18.5. The minimum Gasteiger partial charge on any atom is -0.353 e. The van der Waals surface area contributed by atoms with E-state index >= 15 is 0 Å². The van der Waals surface area contributed by atoms with Crippen molar-refractivity contribution in [2.75, 3.05) is 18.0 Å². The summed E-state index contributed by atoms with van der Waals surface area (Å²) in [6.07, 6.45) is 3.57. The topological polar surface area (TPSA) is 116 Å². The van der Waals surface area contributed by atoms with Gasteiger partial charge in [0.15, 0.2) is 5.82 Å². The maximum Gasteiger partial charge on any atom is 0.255 e. The van der Waals surface area contributed by atoms with E-state index < -0.39 is 5.82 Å². The van der Waals surface area contributed by atoms with Gasteiger partial charge in [0.25, 0.3) is 5.91 Å². The molecule has 9 nitrogen and oxygen atoms in total. The molecule has 0 unspecified atom stereocenters. The molecule has 2 aromatic heterocycles. The maximum absolute atomic E-state index is 14.7. The summed E-state index contributed by atoms with van der Waals surface area (Å²) in [6.45, 7) is 3.16. The molecule has 0 radical (unpaired) electrons. The van der Waals surface area contributed by atoms with Crippen LogP contribution in [0.4, 0.5) is 10.2 Å². The Bertz CT molecular complexity index is 1340. The van der Waals surface area contributed by atoms with Crippen molar-refractivity contribution >= 4 is 17.6 Å². The Morgan fingerprint density at radius 1 is 1.32 bits per heavy atom. The van der Waals surface area contributed by atoms with Crippen LogP contribution in [0.25, 0.3) is 16.9 Å². The summed E-state index contributed by atoms with van der Waals surface area (Å²) in [4.78, 5) is 30.6. The molecule has 0 aliphatic carbocycles. The van der Waals surface area contributed by atoms with Crippen molar-refractivity contribution in [2.45, 2.75) is 32.4 Å². The number of pyridine rings is 1. The van der Waals surface area contributed by atoms with Crippen molar-refractivity contribution in [3.63, 3.8) is 0 Å². The Labute approximate surface area is 195 Å². The van der Waals surface area contributed by atoms with Gasteiger partial charge in [0.2, 0.25) is 5.91 Å². The lowest BCUT2D eigenvalue weighted by Gasteiger charge is -2.33. The Kier molecular flexibility index (Phi) is 5.45. The van der Waals surface area contributed by atoms with Gasteiger partial charge >= 0.3 is 0 Å². The van der Waals surface area contributed by atoms with Crippen LogP contribution in [0.1, 0.15) is 41.4 Å². The predicted octanol–water partition coefficient (Wildman–Crippen LogP) is 2.29. The zero-order chi connectivity index (χ0) is 23.8. The number of carbonyl (C=O) groups is 2. The molecule has 1 saturated heterocycles. The van der Waals surface area contributed by atoms with E-state index in [2.05, 4.69) is 20.5 Å². The molecule has 4 heterocycles. The highest BCUT2D eigenvalue weighted by atomic mass is 19.1. The van der Waals surface area contributed by atoms with Crippen molar-refractivity contribution in [3.8, 4) is 23.0 Å². The van der Waals surface area contributed by atoms with Crippen LogP contribution in [0.15, 0.2) is 36.5 Å². The minimum absolute atomic E-state index is 0.0458. The van der Waals surface area contributed by atoms with Crippen molar-refractivity contribution in [3.05, 3.63) is 59.2 Å². The summed E-state index contributed by atoms with van der Waals surface area (Å²) in [6, 6.07) is 9.79. The van der Waals surface area contributed by atoms with Gasteiger partial charge < -0.3 is 15.5 Å². The largest absolute Gasteiger partial charge is 0.353 e. The van der Waals surface area contributed by atoms with E-state index in [1.165, 1.54) is 25.1 Å². The van der Waals surface area contributed by atoms with Gasteiger partial charge in [-0.15, -0.1) is 0 Å². The number of halogens is 1. The standard InChI is InChI=1S/C24H22FN7O2/c1-14(33)28-16-5-3-8-31(13-16)21-7-9-32(30-21)20-10-18(29-19-12-27-24(34)23(19)20)22-15(11-26)4-2-6-17(22)25/h2,4,6-7,9-10,16H,3,5,8,12-13H2,1H3,(H,27,34)(H,28,33)/t16-/m0/s1. The number of fused-ring (bicyclic) bond motifs is 1. The summed E-state index contributed by atoms with van der Waals surface area (Å²) in [5.74, 6) is -0.190. The number of amides is 2. The molecular formula is C24H22FN7O2. The molecule has 2 N–H and O–H groups in total. The van der Waals surface area contributed by atoms with Crippen molar-refractivity contribution in [1.29, 1.82) is 5.26 Å². The van der Waals surface area contributed by atoms with Gasteiger partial charge in [-0.1, -0.05) is 6.07 Å². The smallest absolute Gasteiger partial charge is 0.255 e. The molecule has 5 rings (SSSR count). The van der Waals surface area contributed by atoms with Gasteiger partial charge in [0.05, 0.1) is 46.4 Å². The Morgan fingerprint density at radius 3 is 2.97 bits per heavy atom. The summed E-state index contributed by atoms with van der Waals surface area (Å²) < 4.78 is 16.3. The van der Waals surface area contributed by atoms with Gasteiger partial charge in [0.1, 0.15) is 5.82 Å². The fourth-order valence-electron chi connectivity index (χ4n) is 4.60. The van der Waals surface area contributed by atoms with Crippen molar-refractivity contribution < 1.29 is 14.0 Å². The number of anilines is 1. The summed E-state index contributed by atoms with van der Waals surface area (Å²) in [7, 11) is 0. The first-order chi connectivity index (χ1) is 16.4. The van der Waals surface area contributed by atoms with E-state index in [4.69, 9.17) is 5.10 Å². The number of hydrogen-bond acceptors (Lipinski definition) is 6. The third-order valence-electron chi connectivity index (χ3n) is 6.08. The van der Waals surface area contributed by atoms with Crippen LogP contribution in [0, 0.1) is 17.1 Å². The summed E-state index contributed by atoms with van der Waals surface area (Å²) in [5, 5.41) is 19.9. The lowest BCUT2D eigenvalue weighted by Crippen LogP contribution is -2.47. The minimum atomic E-state index is -0.562. The quantitative estimate of drug-likeness (QED) is 0.619. The van der Waals surface area contributed by atoms with Crippen LogP contribution in [-0.2, 0) is 11.3 Å². The Morgan fingerprint density at radius 2 is 2.18 bits per heavy atom. The molecule has 0 spiro atoms. The first-order valence-corrected chi connectivity index (χ1v) is 11.0. The summed E-state index contributed by atoms with van der Waals surface area (Å²) in [5.41, 5.74) is 1.84. The highest BCUT2D eigenvalue weighted by molar-refractivity contribution is 6.01. The highest BCUT2D eigenvalue weighted by Gasteiger charge is 2.29. The van der Waals surface area contributed by atoms with Crippen LogP contribution >= 0.6 is 0 Å². The number of nitrogens with zero attached hydrogens (tertiary/aromatic N) is 5. The molecule has 0 bridgehead atoms. The first-order valence-electron chi connectivity index (χ1n) is 11.0. The van der Waals surface area contributed by atoms with Gasteiger partial charge in [0, 0.05) is 38.3 Å². The molecule has 0 saturated carbocycles. The third-order valence-corrected chi connectivity index (χ3v) is 6.08. The Balaban J connectivity index is 1.55. The SMILES string of the molecule is CC(=O)N[C@H]1CCCN(c2ccn(-c3cc(-c4c(F)cccc4C#N)nc4c3C(=O)NC4)n2)C1. The lowest BCUT2D eigenvalue weighted by atomic mass is 10.0. The van der Waals surface area contributed by atoms with Crippen LogP contribution in [0.5, 0.6) is 0 Å². The zero-order valence-electron chi connectivity index (χ0n) is 18.5. The number of nitriles is 1. The number of carbonyl (C=O) groups excluding carboxylic acids is 2. The van der Waals surface area contributed by atoms with E-state index in [0.29, 0.717) is 29.3 Å². The van der Waals surface area contributed by atoms with Gasteiger partial charge in [-0.05, 0) is 31.0 Å². The molecule has 2 aliphatic heterocycles. The van der Waals surface area contributed by atoms with Crippen molar-refractivity contribution in [2.24, 2.45) is 0 Å². The second kappa shape index (κ2) is 8.59. The average Bonchev–Trinajstić information content (AvgIpc) is 3.45. The van der Waals surface area contributed by atoms with Crippen LogP contribution < -0.4 is 15.5 Å². The molecule has 1 atom stereocenters. The van der Waals surface area contributed by atoms with Gasteiger partial charge in [-0.3, -0.25) is 9.59 Å². The number of piperidine rings is 1. The number of aromatic nitrogens is 3. The van der Waals surface area contributed by atoms with Gasteiger partial charge in [-0.2, -0.15) is 10.4 Å². The Hall–Kier alpha value is -4.26. The highest BCUT2D eigenvalue weighted by Crippen LogP contribution is 2.31. The number of benzene rings is 1. The fraction of sp³-hybridized carbons (Fsp3) is 0.292.